The standard InChI is InChI=1S/C8H11NO3/c1-2-7-9-6(5-12-7)3-4-8(10)11/h5H,2-4H2,1H3,(H,10,11). The maximum absolute atomic E-state index is 10.2. The van der Waals surface area contributed by atoms with Gasteiger partial charge in [-0.3, -0.25) is 4.79 Å². The highest BCUT2D eigenvalue weighted by molar-refractivity contribution is 5.66. The zero-order chi connectivity index (χ0) is 8.97. The lowest BCUT2D eigenvalue weighted by Crippen LogP contribution is -1.97. The number of aliphatic carboxylic acids is 1. The summed E-state index contributed by atoms with van der Waals surface area (Å²) in [6.45, 7) is 1.94. The third-order valence-electron chi connectivity index (χ3n) is 1.50. The van der Waals surface area contributed by atoms with Crippen molar-refractivity contribution in [3.63, 3.8) is 0 Å². The van der Waals surface area contributed by atoms with Crippen molar-refractivity contribution < 1.29 is 14.3 Å². The molecule has 0 unspecified atom stereocenters. The molecule has 0 spiro atoms. The zero-order valence-electron chi connectivity index (χ0n) is 6.91. The Kier molecular flexibility index (Phi) is 2.85. The molecule has 66 valence electrons. The molecule has 0 amide bonds. The first kappa shape index (κ1) is 8.77. The van der Waals surface area contributed by atoms with E-state index in [1.165, 1.54) is 6.26 Å². The van der Waals surface area contributed by atoms with Crippen LogP contribution in [0.2, 0.25) is 0 Å². The molecule has 0 aliphatic carbocycles. The van der Waals surface area contributed by atoms with E-state index in [-0.39, 0.29) is 6.42 Å². The second-order valence-electron chi connectivity index (χ2n) is 2.48. The summed E-state index contributed by atoms with van der Waals surface area (Å²) in [5, 5.41) is 8.38. The Labute approximate surface area is 70.2 Å². The summed E-state index contributed by atoms with van der Waals surface area (Å²) in [7, 11) is 0. The van der Waals surface area contributed by atoms with Crippen LogP contribution in [-0.4, -0.2) is 16.1 Å². The van der Waals surface area contributed by atoms with E-state index in [0.717, 1.165) is 6.42 Å². The lowest BCUT2D eigenvalue weighted by Gasteiger charge is -1.88. The summed E-state index contributed by atoms with van der Waals surface area (Å²) < 4.78 is 5.04. The molecule has 1 aromatic rings. The van der Waals surface area contributed by atoms with Crippen LogP contribution in [-0.2, 0) is 17.6 Å². The number of rotatable bonds is 4. The molecule has 1 rings (SSSR count). The Hall–Kier alpha value is -1.32. The van der Waals surface area contributed by atoms with Crippen LogP contribution in [0.15, 0.2) is 10.7 Å². The van der Waals surface area contributed by atoms with Crippen LogP contribution < -0.4 is 0 Å². The fraction of sp³-hybridized carbons (Fsp3) is 0.500. The molecule has 0 aliphatic rings. The van der Waals surface area contributed by atoms with Gasteiger partial charge in [0, 0.05) is 12.8 Å². The molecule has 0 bridgehead atoms. The van der Waals surface area contributed by atoms with Crippen molar-refractivity contribution in [2.75, 3.05) is 0 Å². The molecular weight excluding hydrogens is 158 g/mol. The molecule has 0 saturated heterocycles. The third kappa shape index (κ3) is 2.38. The van der Waals surface area contributed by atoms with Crippen molar-refractivity contribution >= 4 is 5.97 Å². The van der Waals surface area contributed by atoms with Crippen LogP contribution in [0.25, 0.3) is 0 Å². The molecule has 4 heteroatoms. The van der Waals surface area contributed by atoms with Gasteiger partial charge < -0.3 is 9.52 Å². The van der Waals surface area contributed by atoms with Crippen LogP contribution in [0, 0.1) is 0 Å². The molecular formula is C8H11NO3. The minimum absolute atomic E-state index is 0.107. The highest BCUT2D eigenvalue weighted by Crippen LogP contribution is 2.04. The number of oxazole rings is 1. The normalized spacial score (nSPS) is 10.1. The summed E-state index contributed by atoms with van der Waals surface area (Å²) in [5.41, 5.74) is 0.717. The minimum Gasteiger partial charge on any atom is -0.481 e. The molecule has 1 N–H and O–H groups in total. The van der Waals surface area contributed by atoms with E-state index in [1.807, 2.05) is 6.92 Å². The number of hydrogen-bond donors (Lipinski definition) is 1. The highest BCUT2D eigenvalue weighted by Gasteiger charge is 2.03. The van der Waals surface area contributed by atoms with Gasteiger partial charge in [-0.15, -0.1) is 0 Å². The first-order valence-corrected chi connectivity index (χ1v) is 3.87. The minimum atomic E-state index is -0.809. The summed E-state index contributed by atoms with van der Waals surface area (Å²) in [6, 6.07) is 0. The van der Waals surface area contributed by atoms with Crippen molar-refractivity contribution in [2.24, 2.45) is 0 Å². The molecule has 0 saturated carbocycles. The molecule has 0 fully saturated rings. The van der Waals surface area contributed by atoms with Crippen LogP contribution >= 0.6 is 0 Å². The van der Waals surface area contributed by atoms with Gasteiger partial charge >= 0.3 is 5.97 Å². The molecule has 0 radical (unpaired) electrons. The SMILES string of the molecule is CCc1nc(CCC(=O)O)co1. The molecule has 1 aromatic heterocycles. The van der Waals surface area contributed by atoms with Crippen molar-refractivity contribution in [3.8, 4) is 0 Å². The largest absolute Gasteiger partial charge is 0.481 e. The van der Waals surface area contributed by atoms with Crippen LogP contribution in [0.5, 0.6) is 0 Å². The number of carbonyl (C=O) groups is 1. The highest BCUT2D eigenvalue weighted by atomic mass is 16.4. The smallest absolute Gasteiger partial charge is 0.303 e. The van der Waals surface area contributed by atoms with E-state index in [4.69, 9.17) is 9.52 Å². The fourth-order valence-electron chi connectivity index (χ4n) is 0.861. The predicted molar refractivity (Wildman–Crippen MR) is 41.8 cm³/mol. The van der Waals surface area contributed by atoms with Gasteiger partial charge in [0.05, 0.1) is 12.1 Å². The monoisotopic (exact) mass is 169 g/mol. The van der Waals surface area contributed by atoms with Crippen molar-refractivity contribution in [2.45, 2.75) is 26.2 Å². The Morgan fingerprint density at radius 3 is 3.00 bits per heavy atom. The average Bonchev–Trinajstić information content (AvgIpc) is 2.48. The van der Waals surface area contributed by atoms with Crippen LogP contribution in [0.1, 0.15) is 24.9 Å². The Morgan fingerprint density at radius 1 is 1.75 bits per heavy atom. The lowest BCUT2D eigenvalue weighted by atomic mass is 10.2. The number of aryl methyl sites for hydroxylation is 2. The van der Waals surface area contributed by atoms with Crippen LogP contribution in [0.3, 0.4) is 0 Å². The van der Waals surface area contributed by atoms with E-state index in [0.29, 0.717) is 18.0 Å². The van der Waals surface area contributed by atoms with Gasteiger partial charge in [-0.2, -0.15) is 0 Å². The van der Waals surface area contributed by atoms with Crippen molar-refractivity contribution in [1.82, 2.24) is 4.98 Å². The molecule has 1 heterocycles. The Morgan fingerprint density at radius 2 is 2.50 bits per heavy atom. The number of aromatic nitrogens is 1. The van der Waals surface area contributed by atoms with E-state index >= 15 is 0 Å². The second-order valence-corrected chi connectivity index (χ2v) is 2.48. The number of hydrogen-bond acceptors (Lipinski definition) is 3. The van der Waals surface area contributed by atoms with E-state index in [2.05, 4.69) is 4.98 Å². The molecule has 4 nitrogen and oxygen atoms in total. The topological polar surface area (TPSA) is 63.3 Å². The number of carboxylic acids is 1. The van der Waals surface area contributed by atoms with E-state index in [9.17, 15) is 4.79 Å². The van der Waals surface area contributed by atoms with Gasteiger partial charge in [-0.1, -0.05) is 6.92 Å². The van der Waals surface area contributed by atoms with Gasteiger partial charge in [0.15, 0.2) is 5.89 Å². The first-order valence-electron chi connectivity index (χ1n) is 3.87. The van der Waals surface area contributed by atoms with Gasteiger partial charge in [0.25, 0.3) is 0 Å². The van der Waals surface area contributed by atoms with Gasteiger partial charge in [-0.05, 0) is 0 Å². The van der Waals surface area contributed by atoms with Crippen LogP contribution in [0.4, 0.5) is 0 Å². The predicted octanol–water partition coefficient (Wildman–Crippen LogP) is 1.25. The van der Waals surface area contributed by atoms with Crippen molar-refractivity contribution in [3.05, 3.63) is 17.8 Å². The second kappa shape index (κ2) is 3.90. The summed E-state index contributed by atoms with van der Waals surface area (Å²) in [6.07, 6.45) is 2.81. The molecule has 0 aromatic carbocycles. The zero-order valence-corrected chi connectivity index (χ0v) is 6.91. The first-order chi connectivity index (χ1) is 5.72. The molecule has 0 atom stereocenters. The van der Waals surface area contributed by atoms with E-state index < -0.39 is 5.97 Å². The maximum atomic E-state index is 10.2. The quantitative estimate of drug-likeness (QED) is 0.736. The summed E-state index contributed by atoms with van der Waals surface area (Å²) >= 11 is 0. The Balaban J connectivity index is 2.47. The summed E-state index contributed by atoms with van der Waals surface area (Å²) in [4.78, 5) is 14.3. The third-order valence-corrected chi connectivity index (χ3v) is 1.50. The van der Waals surface area contributed by atoms with Crippen molar-refractivity contribution in [1.29, 1.82) is 0 Å². The summed E-state index contributed by atoms with van der Waals surface area (Å²) in [5.74, 6) is -0.147. The lowest BCUT2D eigenvalue weighted by molar-refractivity contribution is -0.136. The number of nitrogens with zero attached hydrogens (tertiary/aromatic N) is 1. The average molecular weight is 169 g/mol. The van der Waals surface area contributed by atoms with E-state index in [1.54, 1.807) is 0 Å². The van der Waals surface area contributed by atoms with Gasteiger partial charge in [0.2, 0.25) is 0 Å². The van der Waals surface area contributed by atoms with Gasteiger partial charge in [-0.25, -0.2) is 4.98 Å². The number of carboxylic acid groups (broad SMARTS) is 1. The van der Waals surface area contributed by atoms with Gasteiger partial charge in [0.1, 0.15) is 6.26 Å². The Bertz CT molecular complexity index is 267. The molecule has 12 heavy (non-hydrogen) atoms. The molecule has 0 aliphatic heterocycles. The fourth-order valence-corrected chi connectivity index (χ4v) is 0.861. The maximum Gasteiger partial charge on any atom is 0.303 e.